The summed E-state index contributed by atoms with van der Waals surface area (Å²) < 4.78 is 1.02. The molecule has 0 aromatic heterocycles. The molecule has 4 nitrogen and oxygen atoms in total. The Morgan fingerprint density at radius 3 is 2.83 bits per heavy atom. The average Bonchev–Trinajstić information content (AvgIpc) is 2.69. The molecule has 1 fully saturated rings. The molecule has 1 aromatic rings. The fourth-order valence-corrected chi connectivity index (χ4v) is 3.64. The molecule has 0 aliphatic carbocycles. The average molecular weight is 328 g/mol. The van der Waals surface area contributed by atoms with Crippen LogP contribution in [0.1, 0.15) is 5.56 Å². The predicted octanol–water partition coefficient (Wildman–Crippen LogP) is 1.86. The van der Waals surface area contributed by atoms with Gasteiger partial charge in [-0.1, -0.05) is 39.8 Å². The van der Waals surface area contributed by atoms with Crippen molar-refractivity contribution < 1.29 is 5.11 Å². The molecule has 0 radical (unpaired) electrons. The molecule has 18 heavy (non-hydrogen) atoms. The van der Waals surface area contributed by atoms with Crippen molar-refractivity contribution >= 4 is 32.9 Å². The third-order valence-electron chi connectivity index (χ3n) is 3.22. The second-order valence-corrected chi connectivity index (χ2v) is 6.48. The van der Waals surface area contributed by atoms with Crippen molar-refractivity contribution in [1.82, 2.24) is 9.80 Å². The topological polar surface area (TPSA) is 39.1 Å². The standard InChI is InChI=1S/C12H14BrN3OS/c1-15-7-14-11-16(8-15)12(17,6-18-11)9-2-4-10(13)5-3-9/h2-5,17H,6-8H2,1H3. The summed E-state index contributed by atoms with van der Waals surface area (Å²) in [5.41, 5.74) is -0.0301. The molecule has 1 N–H and O–H groups in total. The van der Waals surface area contributed by atoms with Crippen LogP contribution in [0.4, 0.5) is 0 Å². The molecule has 3 rings (SSSR count). The van der Waals surface area contributed by atoms with Crippen LogP contribution in [-0.4, -0.2) is 46.2 Å². The lowest BCUT2D eigenvalue weighted by molar-refractivity contribution is -0.0701. The first kappa shape index (κ1) is 12.5. The summed E-state index contributed by atoms with van der Waals surface area (Å²) in [4.78, 5) is 8.53. The highest BCUT2D eigenvalue weighted by Crippen LogP contribution is 2.40. The number of rotatable bonds is 1. The molecule has 1 aromatic carbocycles. The van der Waals surface area contributed by atoms with Crippen molar-refractivity contribution in [2.45, 2.75) is 5.72 Å². The first-order chi connectivity index (χ1) is 8.59. The molecule has 6 heteroatoms. The molecular weight excluding hydrogens is 314 g/mol. The van der Waals surface area contributed by atoms with Gasteiger partial charge in [-0.25, -0.2) is 4.99 Å². The zero-order valence-corrected chi connectivity index (χ0v) is 12.4. The van der Waals surface area contributed by atoms with Gasteiger partial charge in [0, 0.05) is 10.0 Å². The van der Waals surface area contributed by atoms with Crippen LogP contribution in [0.5, 0.6) is 0 Å². The van der Waals surface area contributed by atoms with E-state index in [-0.39, 0.29) is 0 Å². The minimum atomic E-state index is -0.946. The fourth-order valence-electron chi connectivity index (χ4n) is 2.21. The maximum atomic E-state index is 10.9. The lowest BCUT2D eigenvalue weighted by Crippen LogP contribution is -2.51. The van der Waals surface area contributed by atoms with Crippen molar-refractivity contribution in [3.63, 3.8) is 0 Å². The highest BCUT2D eigenvalue weighted by molar-refractivity contribution is 9.10. The second-order valence-electron chi connectivity index (χ2n) is 4.62. The smallest absolute Gasteiger partial charge is 0.176 e. The van der Waals surface area contributed by atoms with E-state index in [0.29, 0.717) is 19.1 Å². The van der Waals surface area contributed by atoms with Gasteiger partial charge in [-0.15, -0.1) is 0 Å². The zero-order chi connectivity index (χ0) is 12.8. The Hall–Kier alpha value is -0.560. The number of hydrogen-bond donors (Lipinski definition) is 1. The normalized spacial score (nSPS) is 28.2. The second kappa shape index (κ2) is 4.52. The van der Waals surface area contributed by atoms with Crippen molar-refractivity contribution in [2.24, 2.45) is 4.99 Å². The summed E-state index contributed by atoms with van der Waals surface area (Å²) in [6.07, 6.45) is 0. The van der Waals surface area contributed by atoms with Gasteiger partial charge < -0.3 is 10.0 Å². The maximum absolute atomic E-state index is 10.9. The number of aliphatic imine (C=N–C) groups is 1. The van der Waals surface area contributed by atoms with Gasteiger partial charge in [0.2, 0.25) is 0 Å². The quantitative estimate of drug-likeness (QED) is 0.854. The summed E-state index contributed by atoms with van der Waals surface area (Å²) in [5, 5.41) is 11.9. The van der Waals surface area contributed by atoms with Gasteiger partial charge in [-0.3, -0.25) is 4.90 Å². The van der Waals surface area contributed by atoms with Gasteiger partial charge >= 0.3 is 0 Å². The van der Waals surface area contributed by atoms with E-state index in [1.54, 1.807) is 11.8 Å². The number of benzene rings is 1. The Balaban J connectivity index is 1.97. The Morgan fingerprint density at radius 1 is 1.39 bits per heavy atom. The van der Waals surface area contributed by atoms with E-state index in [0.717, 1.165) is 15.2 Å². The number of hydrogen-bond acceptors (Lipinski definition) is 5. The maximum Gasteiger partial charge on any atom is 0.176 e. The molecule has 0 spiro atoms. The Labute approximate surface area is 119 Å². The molecule has 0 saturated carbocycles. The van der Waals surface area contributed by atoms with Crippen LogP contribution < -0.4 is 0 Å². The molecular formula is C12H14BrN3OS. The molecule has 0 bridgehead atoms. The lowest BCUT2D eigenvalue weighted by Gasteiger charge is -2.39. The number of halogens is 1. The summed E-state index contributed by atoms with van der Waals surface area (Å²) >= 11 is 5.04. The molecule has 2 heterocycles. The highest BCUT2D eigenvalue weighted by atomic mass is 79.9. The first-order valence-electron chi connectivity index (χ1n) is 5.71. The predicted molar refractivity (Wildman–Crippen MR) is 77.3 cm³/mol. The van der Waals surface area contributed by atoms with Gasteiger partial charge in [0.25, 0.3) is 0 Å². The number of fused-ring (bicyclic) bond motifs is 1. The Morgan fingerprint density at radius 2 is 2.11 bits per heavy atom. The van der Waals surface area contributed by atoms with Crippen LogP contribution in [0.2, 0.25) is 0 Å². The molecule has 96 valence electrons. The van der Waals surface area contributed by atoms with E-state index in [4.69, 9.17) is 0 Å². The van der Waals surface area contributed by atoms with E-state index in [2.05, 4.69) is 25.8 Å². The minimum absolute atomic E-state index is 0.626. The number of amidine groups is 1. The van der Waals surface area contributed by atoms with Crippen LogP contribution in [-0.2, 0) is 5.72 Å². The minimum Gasteiger partial charge on any atom is -0.366 e. The third-order valence-corrected chi connectivity index (χ3v) is 4.90. The fraction of sp³-hybridized carbons (Fsp3) is 0.417. The van der Waals surface area contributed by atoms with Crippen LogP contribution >= 0.6 is 27.7 Å². The first-order valence-corrected chi connectivity index (χ1v) is 7.49. The molecule has 1 saturated heterocycles. The SMILES string of the molecule is CN1CN=C2SCC(O)(c3ccc(Br)cc3)N2C1. The number of thioether (sulfide) groups is 1. The van der Waals surface area contributed by atoms with E-state index in [1.807, 2.05) is 36.2 Å². The lowest BCUT2D eigenvalue weighted by atomic mass is 10.0. The highest BCUT2D eigenvalue weighted by Gasteiger charge is 2.46. The molecule has 2 aliphatic heterocycles. The van der Waals surface area contributed by atoms with E-state index in [1.165, 1.54) is 0 Å². The summed E-state index contributed by atoms with van der Waals surface area (Å²) in [5.74, 6) is 0.626. The summed E-state index contributed by atoms with van der Waals surface area (Å²) in [6, 6.07) is 7.84. The molecule has 1 atom stereocenters. The van der Waals surface area contributed by atoms with Gasteiger partial charge in [0.15, 0.2) is 10.9 Å². The van der Waals surface area contributed by atoms with Crippen LogP contribution in [0, 0.1) is 0 Å². The van der Waals surface area contributed by atoms with E-state index < -0.39 is 5.72 Å². The number of nitrogens with zero attached hydrogens (tertiary/aromatic N) is 3. The van der Waals surface area contributed by atoms with Crippen molar-refractivity contribution in [2.75, 3.05) is 26.1 Å². The zero-order valence-electron chi connectivity index (χ0n) is 10.0. The van der Waals surface area contributed by atoms with Gasteiger partial charge in [0.05, 0.1) is 19.1 Å². The molecule has 0 amide bonds. The van der Waals surface area contributed by atoms with Crippen LogP contribution in [0.3, 0.4) is 0 Å². The van der Waals surface area contributed by atoms with Crippen molar-refractivity contribution in [3.05, 3.63) is 34.3 Å². The van der Waals surface area contributed by atoms with E-state index in [9.17, 15) is 5.11 Å². The van der Waals surface area contributed by atoms with Gasteiger partial charge in [-0.2, -0.15) is 0 Å². The largest absolute Gasteiger partial charge is 0.366 e. The summed E-state index contributed by atoms with van der Waals surface area (Å²) in [6.45, 7) is 1.41. The van der Waals surface area contributed by atoms with Gasteiger partial charge in [0.1, 0.15) is 0 Å². The third kappa shape index (κ3) is 1.97. The van der Waals surface area contributed by atoms with Crippen LogP contribution in [0.25, 0.3) is 0 Å². The Kier molecular flexibility index (Phi) is 3.13. The summed E-state index contributed by atoms with van der Waals surface area (Å²) in [7, 11) is 2.01. The van der Waals surface area contributed by atoms with E-state index >= 15 is 0 Å². The van der Waals surface area contributed by atoms with Gasteiger partial charge in [-0.05, 0) is 19.2 Å². The monoisotopic (exact) mass is 327 g/mol. The Bertz CT molecular complexity index is 493. The molecule has 2 aliphatic rings. The van der Waals surface area contributed by atoms with Crippen LogP contribution in [0.15, 0.2) is 33.7 Å². The molecule has 1 unspecified atom stereocenters. The number of aliphatic hydroxyl groups is 1. The van der Waals surface area contributed by atoms with Crippen molar-refractivity contribution in [1.29, 1.82) is 0 Å². The van der Waals surface area contributed by atoms with Crippen molar-refractivity contribution in [3.8, 4) is 0 Å².